The number of carbonyl (C=O) groups excluding carboxylic acids is 2. The average Bonchev–Trinajstić information content (AvgIpc) is 2.79. The number of aliphatic hydroxyl groups excluding tert-OH is 1. The molecule has 1 unspecified atom stereocenters. The van der Waals surface area contributed by atoms with Crippen molar-refractivity contribution in [2.24, 2.45) is 0 Å². The molecule has 1 atom stereocenters. The van der Waals surface area contributed by atoms with Gasteiger partial charge in [0.2, 0.25) is 0 Å². The van der Waals surface area contributed by atoms with Crippen molar-refractivity contribution in [3.63, 3.8) is 0 Å². The van der Waals surface area contributed by atoms with Crippen LogP contribution in [0.4, 0.5) is 11.4 Å². The number of carboxylic acid groups (broad SMARTS) is 1. The zero-order valence-electron chi connectivity index (χ0n) is 19.3. The Bertz CT molecular complexity index is 1090. The Labute approximate surface area is 193 Å². The van der Waals surface area contributed by atoms with Crippen LogP contribution >= 0.6 is 0 Å². The Morgan fingerprint density at radius 1 is 1.00 bits per heavy atom. The summed E-state index contributed by atoms with van der Waals surface area (Å²) in [6.45, 7) is 6.57. The van der Waals surface area contributed by atoms with E-state index in [4.69, 9.17) is 5.11 Å². The van der Waals surface area contributed by atoms with E-state index in [1.807, 2.05) is 26.0 Å². The van der Waals surface area contributed by atoms with Crippen LogP contribution in [-0.2, 0) is 9.59 Å². The van der Waals surface area contributed by atoms with Gasteiger partial charge in [-0.2, -0.15) is 0 Å². The topological polar surface area (TPSA) is 104 Å². The van der Waals surface area contributed by atoms with Crippen LogP contribution < -0.4 is 9.80 Å². The summed E-state index contributed by atoms with van der Waals surface area (Å²) in [6, 6.07) is 12.7. The number of hydrogen-bond donors (Lipinski definition) is 3. The predicted molar refractivity (Wildman–Crippen MR) is 129 cm³/mol. The Kier molecular flexibility index (Phi) is 7.33. The molecular weight excluding hydrogens is 420 g/mol. The van der Waals surface area contributed by atoms with Crippen LogP contribution in [0, 0.1) is 0 Å². The summed E-state index contributed by atoms with van der Waals surface area (Å²) in [5, 5.41) is 22.7. The number of carboxylic acids is 1. The maximum atomic E-state index is 13.9. The average molecular weight is 452 g/mol. The second-order valence-electron chi connectivity index (χ2n) is 8.63. The summed E-state index contributed by atoms with van der Waals surface area (Å²) in [5.74, 6) is -2.56. The number of anilines is 1. The van der Waals surface area contributed by atoms with Crippen LogP contribution in [-0.4, -0.2) is 40.6 Å². The van der Waals surface area contributed by atoms with Gasteiger partial charge in [-0.3, -0.25) is 4.79 Å². The molecule has 2 aromatic carbocycles. The van der Waals surface area contributed by atoms with Crippen LogP contribution in [0.25, 0.3) is 5.76 Å². The molecule has 0 saturated carbocycles. The van der Waals surface area contributed by atoms with E-state index in [9.17, 15) is 19.5 Å². The summed E-state index contributed by atoms with van der Waals surface area (Å²) >= 11 is 0. The van der Waals surface area contributed by atoms with Crippen molar-refractivity contribution in [3.05, 3.63) is 65.2 Å². The lowest BCUT2D eigenvalue weighted by molar-refractivity contribution is -0.130. The van der Waals surface area contributed by atoms with Gasteiger partial charge < -0.3 is 15.5 Å². The minimum atomic E-state index is -1.07. The van der Waals surface area contributed by atoms with E-state index >= 15 is 0 Å². The van der Waals surface area contributed by atoms with Crippen molar-refractivity contribution in [2.75, 3.05) is 11.9 Å². The number of quaternary nitrogens is 1. The van der Waals surface area contributed by atoms with Gasteiger partial charge in [-0.25, -0.2) is 14.1 Å². The number of aliphatic hydroxyl groups is 1. The zero-order chi connectivity index (χ0) is 24.2. The highest BCUT2D eigenvalue weighted by atomic mass is 16.4. The van der Waals surface area contributed by atoms with Crippen LogP contribution in [0.5, 0.6) is 0 Å². The SMILES string of the molecule is CCCCCC[N+]1(C(C)C)C(=O)C(C(=O)Nc2ccc(C(=O)O)cc2)=C(O)c2ccccc21. The zero-order valence-corrected chi connectivity index (χ0v) is 19.3. The predicted octanol–water partition coefficient (Wildman–Crippen LogP) is 5.13. The van der Waals surface area contributed by atoms with Crippen molar-refractivity contribution < 1.29 is 24.6 Å². The molecule has 7 nitrogen and oxygen atoms in total. The fraction of sp³-hybridized carbons (Fsp3) is 0.346. The van der Waals surface area contributed by atoms with E-state index in [0.717, 1.165) is 25.7 Å². The lowest BCUT2D eigenvalue weighted by Crippen LogP contribution is -2.62. The normalized spacial score (nSPS) is 17.8. The molecule has 3 rings (SSSR count). The largest absolute Gasteiger partial charge is 0.506 e. The molecule has 174 valence electrons. The van der Waals surface area contributed by atoms with Crippen LogP contribution in [0.2, 0.25) is 0 Å². The molecule has 0 saturated heterocycles. The fourth-order valence-electron chi connectivity index (χ4n) is 4.44. The number of aromatic carboxylic acids is 1. The highest BCUT2D eigenvalue weighted by Crippen LogP contribution is 2.42. The monoisotopic (exact) mass is 451 g/mol. The lowest BCUT2D eigenvalue weighted by atomic mass is 9.93. The third-order valence-corrected chi connectivity index (χ3v) is 6.26. The molecule has 7 heteroatoms. The van der Waals surface area contributed by atoms with E-state index in [0.29, 0.717) is 23.5 Å². The van der Waals surface area contributed by atoms with Gasteiger partial charge in [0, 0.05) is 11.8 Å². The van der Waals surface area contributed by atoms with Gasteiger partial charge in [0.05, 0.1) is 23.7 Å². The molecule has 0 aliphatic carbocycles. The highest BCUT2D eigenvalue weighted by Gasteiger charge is 2.51. The van der Waals surface area contributed by atoms with Crippen molar-refractivity contribution in [1.29, 1.82) is 0 Å². The Morgan fingerprint density at radius 3 is 2.27 bits per heavy atom. The summed E-state index contributed by atoms with van der Waals surface area (Å²) in [7, 11) is 0. The molecule has 1 aliphatic rings. The summed E-state index contributed by atoms with van der Waals surface area (Å²) in [6.07, 6.45) is 3.93. The molecule has 0 aromatic heterocycles. The first kappa shape index (κ1) is 24.2. The summed E-state index contributed by atoms with van der Waals surface area (Å²) < 4.78 is -0.0371. The molecule has 3 N–H and O–H groups in total. The van der Waals surface area contributed by atoms with Crippen LogP contribution in [0.3, 0.4) is 0 Å². The molecule has 1 heterocycles. The molecule has 0 fully saturated rings. The van der Waals surface area contributed by atoms with Crippen molar-refractivity contribution in [3.8, 4) is 0 Å². The molecule has 0 bridgehead atoms. The number of amides is 2. The van der Waals surface area contributed by atoms with Gasteiger partial charge in [0.25, 0.3) is 5.91 Å². The smallest absolute Gasteiger partial charge is 0.360 e. The van der Waals surface area contributed by atoms with Crippen LogP contribution in [0.1, 0.15) is 62.4 Å². The molecule has 33 heavy (non-hydrogen) atoms. The number of hydrogen-bond acceptors (Lipinski definition) is 4. The van der Waals surface area contributed by atoms with Gasteiger partial charge in [-0.05, 0) is 57.0 Å². The number of nitrogens with one attached hydrogen (secondary N) is 1. The number of unbranched alkanes of at least 4 members (excludes halogenated alkanes) is 3. The quantitative estimate of drug-likeness (QED) is 0.279. The van der Waals surface area contributed by atoms with E-state index in [1.54, 1.807) is 12.1 Å². The number of para-hydroxylation sites is 1. The molecule has 1 aliphatic heterocycles. The Morgan fingerprint density at radius 2 is 1.67 bits per heavy atom. The second-order valence-corrected chi connectivity index (χ2v) is 8.63. The molecule has 2 amide bonds. The standard InChI is InChI=1S/C26H30N2O5/c1-4-5-6-9-16-28(17(2)3)21-11-8-7-10-20(21)23(29)22(25(28)31)24(30)27-19-14-12-18(13-15-19)26(32)33/h7-8,10-15,17H,4-6,9,16H2,1-3H3,(H2-,27,29,30,31,32,33)/p+1. The van der Waals surface area contributed by atoms with E-state index in [2.05, 4.69) is 12.2 Å². The number of benzene rings is 2. The third-order valence-electron chi connectivity index (χ3n) is 6.26. The first-order valence-electron chi connectivity index (χ1n) is 11.3. The second kappa shape index (κ2) is 10.0. The minimum absolute atomic E-state index is 0.0371. The van der Waals surface area contributed by atoms with E-state index in [1.165, 1.54) is 24.3 Å². The van der Waals surface area contributed by atoms with Gasteiger partial charge >= 0.3 is 11.9 Å². The number of carbonyl (C=O) groups is 3. The maximum absolute atomic E-state index is 13.9. The summed E-state index contributed by atoms with van der Waals surface area (Å²) in [5.41, 5.74) is 1.32. The molecular formula is C26H31N2O5+. The van der Waals surface area contributed by atoms with Gasteiger partial charge in [-0.15, -0.1) is 0 Å². The van der Waals surface area contributed by atoms with E-state index in [-0.39, 0.29) is 27.4 Å². The Balaban J connectivity index is 2.03. The van der Waals surface area contributed by atoms with Gasteiger partial charge in [0.15, 0.2) is 17.0 Å². The van der Waals surface area contributed by atoms with Crippen LogP contribution in [0.15, 0.2) is 54.1 Å². The number of nitrogens with zero attached hydrogens (tertiary/aromatic N) is 1. The number of fused-ring (bicyclic) bond motifs is 1. The van der Waals surface area contributed by atoms with Gasteiger partial charge in [0.1, 0.15) is 0 Å². The van der Waals surface area contributed by atoms with Crippen molar-refractivity contribution in [2.45, 2.75) is 52.5 Å². The molecule has 0 radical (unpaired) electrons. The lowest BCUT2D eigenvalue weighted by Gasteiger charge is -2.42. The molecule has 0 spiro atoms. The van der Waals surface area contributed by atoms with Gasteiger partial charge in [-0.1, -0.05) is 31.9 Å². The highest BCUT2D eigenvalue weighted by molar-refractivity contribution is 6.31. The number of rotatable bonds is 9. The minimum Gasteiger partial charge on any atom is -0.506 e. The maximum Gasteiger partial charge on any atom is 0.360 e. The first-order chi connectivity index (χ1) is 15.7. The first-order valence-corrected chi connectivity index (χ1v) is 11.3. The fourth-order valence-corrected chi connectivity index (χ4v) is 4.44. The molecule has 2 aromatic rings. The summed E-state index contributed by atoms with van der Waals surface area (Å²) in [4.78, 5) is 38.2. The van der Waals surface area contributed by atoms with Crippen molar-refractivity contribution in [1.82, 2.24) is 4.48 Å². The van der Waals surface area contributed by atoms with E-state index < -0.39 is 17.8 Å². The van der Waals surface area contributed by atoms with Crippen molar-refractivity contribution >= 4 is 34.9 Å². The Hall–Kier alpha value is -3.45. The third kappa shape index (κ3) is 4.54.